The fourth-order valence-electron chi connectivity index (χ4n) is 1.58. The standard InChI is InChI=1S/C10H9N7/c11-14-9-5-10(13-6-12-9)17-8-4-2-1-3-7(8)15-16-17/h1-6H,11H2,(H,12,13,14). The first kappa shape index (κ1) is 9.67. The number of nitrogens with one attached hydrogen (secondary N) is 1. The quantitative estimate of drug-likeness (QED) is 0.489. The molecular formula is C10H9N7. The van der Waals surface area contributed by atoms with Crippen LogP contribution in [0.2, 0.25) is 0 Å². The second-order valence-electron chi connectivity index (χ2n) is 3.40. The molecule has 0 aliphatic rings. The van der Waals surface area contributed by atoms with E-state index in [1.165, 1.54) is 6.33 Å². The predicted molar refractivity (Wildman–Crippen MR) is 62.3 cm³/mol. The van der Waals surface area contributed by atoms with E-state index in [1.54, 1.807) is 10.7 Å². The Labute approximate surface area is 96.3 Å². The van der Waals surface area contributed by atoms with E-state index >= 15 is 0 Å². The van der Waals surface area contributed by atoms with Crippen molar-refractivity contribution < 1.29 is 0 Å². The highest BCUT2D eigenvalue weighted by atomic mass is 15.4. The van der Waals surface area contributed by atoms with Crippen molar-refractivity contribution in [3.63, 3.8) is 0 Å². The van der Waals surface area contributed by atoms with Crippen molar-refractivity contribution in [1.82, 2.24) is 25.0 Å². The summed E-state index contributed by atoms with van der Waals surface area (Å²) in [6.45, 7) is 0. The fraction of sp³-hybridized carbons (Fsp3) is 0. The zero-order valence-corrected chi connectivity index (χ0v) is 8.78. The number of rotatable bonds is 2. The van der Waals surface area contributed by atoms with Crippen molar-refractivity contribution in [2.24, 2.45) is 5.84 Å². The molecular weight excluding hydrogens is 218 g/mol. The van der Waals surface area contributed by atoms with Gasteiger partial charge < -0.3 is 5.43 Å². The van der Waals surface area contributed by atoms with Crippen molar-refractivity contribution in [2.45, 2.75) is 0 Å². The van der Waals surface area contributed by atoms with E-state index in [4.69, 9.17) is 5.84 Å². The number of hydrazine groups is 1. The lowest BCUT2D eigenvalue weighted by Gasteiger charge is -2.02. The minimum atomic E-state index is 0.523. The van der Waals surface area contributed by atoms with Gasteiger partial charge in [-0.2, -0.15) is 4.68 Å². The van der Waals surface area contributed by atoms with Crippen LogP contribution in [-0.4, -0.2) is 25.0 Å². The van der Waals surface area contributed by atoms with Crippen LogP contribution in [0.4, 0.5) is 5.82 Å². The van der Waals surface area contributed by atoms with E-state index < -0.39 is 0 Å². The van der Waals surface area contributed by atoms with E-state index in [-0.39, 0.29) is 0 Å². The number of anilines is 1. The smallest absolute Gasteiger partial charge is 0.161 e. The van der Waals surface area contributed by atoms with Crippen LogP contribution >= 0.6 is 0 Å². The maximum Gasteiger partial charge on any atom is 0.161 e. The summed E-state index contributed by atoms with van der Waals surface area (Å²) >= 11 is 0. The van der Waals surface area contributed by atoms with Gasteiger partial charge in [-0.1, -0.05) is 17.3 Å². The van der Waals surface area contributed by atoms with E-state index in [0.29, 0.717) is 11.6 Å². The summed E-state index contributed by atoms with van der Waals surface area (Å²) in [6.07, 6.45) is 1.42. The summed E-state index contributed by atoms with van der Waals surface area (Å²) in [4.78, 5) is 8.07. The number of para-hydroxylation sites is 1. The maximum absolute atomic E-state index is 5.30. The molecule has 0 aliphatic carbocycles. The molecule has 0 saturated carbocycles. The van der Waals surface area contributed by atoms with E-state index in [0.717, 1.165) is 11.0 Å². The van der Waals surface area contributed by atoms with Crippen LogP contribution in [0.3, 0.4) is 0 Å². The molecule has 3 aromatic rings. The lowest BCUT2D eigenvalue weighted by Crippen LogP contribution is -2.10. The normalized spacial score (nSPS) is 10.6. The first-order valence-corrected chi connectivity index (χ1v) is 4.98. The Morgan fingerprint density at radius 1 is 1.18 bits per heavy atom. The number of nitrogens with two attached hydrogens (primary N) is 1. The first-order chi connectivity index (χ1) is 8.38. The molecule has 7 heteroatoms. The lowest BCUT2D eigenvalue weighted by molar-refractivity contribution is 0.797. The van der Waals surface area contributed by atoms with Crippen molar-refractivity contribution >= 4 is 16.9 Å². The van der Waals surface area contributed by atoms with Gasteiger partial charge in [0.1, 0.15) is 17.7 Å². The SMILES string of the molecule is NNc1cc(-n2nnc3ccccc32)ncn1. The van der Waals surface area contributed by atoms with Gasteiger partial charge in [0.05, 0.1) is 5.52 Å². The van der Waals surface area contributed by atoms with Gasteiger partial charge in [-0.3, -0.25) is 0 Å². The molecule has 0 aliphatic heterocycles. The highest BCUT2D eigenvalue weighted by molar-refractivity contribution is 5.75. The van der Waals surface area contributed by atoms with Crippen LogP contribution in [0.25, 0.3) is 16.9 Å². The van der Waals surface area contributed by atoms with Crippen LogP contribution in [0.15, 0.2) is 36.7 Å². The Morgan fingerprint density at radius 3 is 2.94 bits per heavy atom. The average Bonchev–Trinajstić information content (AvgIpc) is 2.82. The average molecular weight is 227 g/mol. The lowest BCUT2D eigenvalue weighted by atomic mass is 10.3. The van der Waals surface area contributed by atoms with Crippen molar-refractivity contribution in [2.75, 3.05) is 5.43 Å². The molecule has 0 spiro atoms. The highest BCUT2D eigenvalue weighted by Crippen LogP contribution is 2.15. The van der Waals surface area contributed by atoms with Crippen molar-refractivity contribution in [3.05, 3.63) is 36.7 Å². The van der Waals surface area contributed by atoms with Gasteiger partial charge in [-0.25, -0.2) is 15.8 Å². The van der Waals surface area contributed by atoms with E-state index in [9.17, 15) is 0 Å². The van der Waals surface area contributed by atoms with Gasteiger partial charge in [-0.05, 0) is 12.1 Å². The van der Waals surface area contributed by atoms with Gasteiger partial charge in [0.15, 0.2) is 5.82 Å². The topological polar surface area (TPSA) is 94.5 Å². The number of hydrogen-bond acceptors (Lipinski definition) is 6. The first-order valence-electron chi connectivity index (χ1n) is 4.98. The van der Waals surface area contributed by atoms with Gasteiger partial charge in [0, 0.05) is 6.07 Å². The molecule has 3 N–H and O–H groups in total. The molecule has 0 unspecified atom stereocenters. The minimum absolute atomic E-state index is 0.523. The number of hydrogen-bond donors (Lipinski definition) is 2. The van der Waals surface area contributed by atoms with Crippen molar-refractivity contribution in [3.8, 4) is 5.82 Å². The zero-order chi connectivity index (χ0) is 11.7. The Kier molecular flexibility index (Phi) is 2.16. The Balaban J connectivity index is 2.20. The Morgan fingerprint density at radius 2 is 2.06 bits per heavy atom. The van der Waals surface area contributed by atoms with Gasteiger partial charge in [0.2, 0.25) is 0 Å². The van der Waals surface area contributed by atoms with Crippen LogP contribution in [0.5, 0.6) is 0 Å². The van der Waals surface area contributed by atoms with Crippen LogP contribution in [-0.2, 0) is 0 Å². The number of nitrogen functional groups attached to an aromatic ring is 1. The molecule has 84 valence electrons. The summed E-state index contributed by atoms with van der Waals surface area (Å²) in [5.74, 6) is 6.43. The molecule has 0 saturated heterocycles. The summed E-state index contributed by atoms with van der Waals surface area (Å²) in [7, 11) is 0. The molecule has 3 rings (SSSR count). The minimum Gasteiger partial charge on any atom is -0.308 e. The number of aromatic nitrogens is 5. The summed E-state index contributed by atoms with van der Waals surface area (Å²) in [6, 6.07) is 9.34. The molecule has 17 heavy (non-hydrogen) atoms. The zero-order valence-electron chi connectivity index (χ0n) is 8.78. The molecule has 2 aromatic heterocycles. The predicted octanol–water partition coefficient (Wildman–Crippen LogP) is 0.496. The monoisotopic (exact) mass is 227 g/mol. The molecule has 2 heterocycles. The Bertz CT molecular complexity index is 660. The molecule has 7 nitrogen and oxygen atoms in total. The largest absolute Gasteiger partial charge is 0.308 e. The molecule has 0 amide bonds. The number of benzene rings is 1. The van der Waals surface area contributed by atoms with E-state index in [2.05, 4.69) is 25.7 Å². The number of fused-ring (bicyclic) bond motifs is 1. The second-order valence-corrected chi connectivity index (χ2v) is 3.40. The summed E-state index contributed by atoms with van der Waals surface area (Å²) in [5.41, 5.74) is 4.16. The summed E-state index contributed by atoms with van der Waals surface area (Å²) < 4.78 is 1.64. The molecule has 1 aromatic carbocycles. The molecule has 0 radical (unpaired) electrons. The third-order valence-corrected chi connectivity index (χ3v) is 2.37. The maximum atomic E-state index is 5.30. The van der Waals surface area contributed by atoms with Crippen LogP contribution in [0.1, 0.15) is 0 Å². The third-order valence-electron chi connectivity index (χ3n) is 2.37. The van der Waals surface area contributed by atoms with Gasteiger partial charge in [-0.15, -0.1) is 5.10 Å². The number of nitrogens with zero attached hydrogens (tertiary/aromatic N) is 5. The van der Waals surface area contributed by atoms with E-state index in [1.807, 2.05) is 24.3 Å². The van der Waals surface area contributed by atoms with Gasteiger partial charge >= 0.3 is 0 Å². The molecule has 0 fully saturated rings. The fourth-order valence-corrected chi connectivity index (χ4v) is 1.58. The van der Waals surface area contributed by atoms with Crippen LogP contribution in [0, 0.1) is 0 Å². The Hall–Kier alpha value is -2.54. The van der Waals surface area contributed by atoms with Crippen molar-refractivity contribution in [1.29, 1.82) is 0 Å². The summed E-state index contributed by atoms with van der Waals surface area (Å²) in [5, 5.41) is 8.10. The highest BCUT2D eigenvalue weighted by Gasteiger charge is 2.07. The van der Waals surface area contributed by atoms with Crippen LogP contribution < -0.4 is 11.3 Å². The third kappa shape index (κ3) is 1.58. The second kappa shape index (κ2) is 3.80. The molecule has 0 bridgehead atoms. The molecule has 0 atom stereocenters. The van der Waals surface area contributed by atoms with Gasteiger partial charge in [0.25, 0.3) is 0 Å².